The van der Waals surface area contributed by atoms with E-state index in [1.54, 1.807) is 14.0 Å². The molecule has 0 aliphatic rings. The fourth-order valence-corrected chi connectivity index (χ4v) is 2.68. The zero-order valence-electron chi connectivity index (χ0n) is 17.2. The molecule has 2 aromatic rings. The molecule has 0 amide bonds. The average Bonchev–Trinajstić information content (AvgIpc) is 2.74. The van der Waals surface area contributed by atoms with Gasteiger partial charge in [0.15, 0.2) is 5.34 Å². The molecule has 0 aliphatic heterocycles. The third-order valence-corrected chi connectivity index (χ3v) is 4.38. The summed E-state index contributed by atoms with van der Waals surface area (Å²) in [7, 11) is 1.62. The van der Waals surface area contributed by atoms with Crippen LogP contribution in [0.2, 0.25) is 0 Å². The van der Waals surface area contributed by atoms with Crippen LogP contribution in [0.3, 0.4) is 0 Å². The molecule has 0 saturated heterocycles. The molecule has 2 rings (SSSR count). The number of hydrogen-bond donors (Lipinski definition) is 0. The van der Waals surface area contributed by atoms with E-state index in [1.807, 2.05) is 36.4 Å². The Balaban J connectivity index is 1.71. The van der Waals surface area contributed by atoms with Crippen LogP contribution in [0.15, 0.2) is 41.7 Å². The van der Waals surface area contributed by atoms with Crippen molar-refractivity contribution in [1.29, 1.82) is 0 Å². The Labute approximate surface area is 174 Å². The van der Waals surface area contributed by atoms with E-state index in [2.05, 4.69) is 14.9 Å². The minimum absolute atomic E-state index is 0.0846. The highest BCUT2D eigenvalue weighted by molar-refractivity contribution is 5.86. The van der Waals surface area contributed by atoms with Crippen LogP contribution in [0.4, 0.5) is 4.79 Å². The predicted molar refractivity (Wildman–Crippen MR) is 108 cm³/mol. The van der Waals surface area contributed by atoms with Crippen LogP contribution in [0.5, 0.6) is 5.75 Å². The Kier molecular flexibility index (Phi) is 8.86. The first-order valence-corrected chi connectivity index (χ1v) is 9.51. The van der Waals surface area contributed by atoms with Gasteiger partial charge in [-0.05, 0) is 48.2 Å². The molecule has 2 atom stereocenters. The lowest BCUT2D eigenvalue weighted by Gasteiger charge is -2.13. The Morgan fingerprint density at radius 3 is 2.33 bits per heavy atom. The highest BCUT2D eigenvalue weighted by atomic mass is 16.8. The van der Waals surface area contributed by atoms with E-state index in [1.165, 1.54) is 6.92 Å². The van der Waals surface area contributed by atoms with E-state index in [0.29, 0.717) is 12.8 Å². The Morgan fingerprint density at radius 2 is 1.63 bits per heavy atom. The average molecular weight is 419 g/mol. The van der Waals surface area contributed by atoms with Gasteiger partial charge in [0, 0.05) is 6.92 Å². The number of ether oxygens (including phenoxy) is 4. The predicted octanol–water partition coefficient (Wildman–Crippen LogP) is 4.47. The van der Waals surface area contributed by atoms with Gasteiger partial charge in [-0.1, -0.05) is 24.3 Å². The van der Waals surface area contributed by atoms with Gasteiger partial charge in [0.1, 0.15) is 5.75 Å². The first-order chi connectivity index (χ1) is 14.4. The van der Waals surface area contributed by atoms with Crippen molar-refractivity contribution in [2.75, 3.05) is 20.3 Å². The third-order valence-electron chi connectivity index (χ3n) is 4.38. The largest absolute Gasteiger partial charge is 0.511 e. The molecule has 0 spiro atoms. The summed E-state index contributed by atoms with van der Waals surface area (Å²) in [6.45, 7) is 3.42. The molecular formula is C21H25NO8. The maximum atomic E-state index is 12.3. The summed E-state index contributed by atoms with van der Waals surface area (Å²) in [4.78, 5) is 37.6. The summed E-state index contributed by atoms with van der Waals surface area (Å²) >= 11 is 0. The van der Waals surface area contributed by atoms with Crippen molar-refractivity contribution in [3.05, 3.63) is 46.9 Å². The topological polar surface area (TPSA) is 110 Å². The van der Waals surface area contributed by atoms with E-state index in [0.717, 1.165) is 22.1 Å². The van der Waals surface area contributed by atoms with Gasteiger partial charge in [-0.3, -0.25) is 4.79 Å². The lowest BCUT2D eigenvalue weighted by molar-refractivity contribution is -0.145. The third kappa shape index (κ3) is 6.91. The summed E-state index contributed by atoms with van der Waals surface area (Å²) < 4.78 is 19.9. The molecule has 30 heavy (non-hydrogen) atoms. The number of benzene rings is 2. The molecule has 2 aromatic carbocycles. The van der Waals surface area contributed by atoms with Gasteiger partial charge in [0.05, 0.1) is 26.2 Å². The monoisotopic (exact) mass is 419 g/mol. The summed E-state index contributed by atoms with van der Waals surface area (Å²) in [6, 6.07) is 11.6. The number of methoxy groups -OCH3 is 1. The number of nitrogens with zero attached hydrogens (tertiary/aromatic N) is 1. The van der Waals surface area contributed by atoms with E-state index in [9.17, 15) is 14.5 Å². The molecule has 0 bridgehead atoms. The zero-order chi connectivity index (χ0) is 21.9. The summed E-state index contributed by atoms with van der Waals surface area (Å²) in [5.74, 6) is 0.0481. The number of rotatable bonds is 11. The van der Waals surface area contributed by atoms with Gasteiger partial charge in [-0.25, -0.2) is 4.79 Å². The van der Waals surface area contributed by atoms with E-state index >= 15 is 0 Å². The van der Waals surface area contributed by atoms with Gasteiger partial charge < -0.3 is 23.8 Å². The normalized spacial score (nSPS) is 12.5. The van der Waals surface area contributed by atoms with Crippen LogP contribution < -0.4 is 4.74 Å². The second kappa shape index (κ2) is 11.6. The van der Waals surface area contributed by atoms with E-state index in [-0.39, 0.29) is 19.2 Å². The van der Waals surface area contributed by atoms with Crippen molar-refractivity contribution in [3.63, 3.8) is 0 Å². The van der Waals surface area contributed by atoms with Crippen LogP contribution in [-0.2, 0) is 23.8 Å². The molecular weight excluding hydrogens is 394 g/mol. The van der Waals surface area contributed by atoms with Crippen molar-refractivity contribution >= 4 is 22.9 Å². The lowest BCUT2D eigenvalue weighted by Crippen LogP contribution is -2.18. The number of unbranched alkanes of at least 4 members (excludes halogenated alkanes) is 1. The number of fused-ring (bicyclic) bond motifs is 1. The number of hydrogen-bond acceptors (Lipinski definition) is 9. The minimum atomic E-state index is -1.12. The Bertz CT molecular complexity index is 869. The molecule has 9 nitrogen and oxygen atoms in total. The van der Waals surface area contributed by atoms with Gasteiger partial charge in [0.25, 0.3) is 6.29 Å². The van der Waals surface area contributed by atoms with E-state index < -0.39 is 18.4 Å². The van der Waals surface area contributed by atoms with Crippen LogP contribution in [0.25, 0.3) is 10.8 Å². The fourth-order valence-electron chi connectivity index (χ4n) is 2.68. The second-order valence-electron chi connectivity index (χ2n) is 6.53. The van der Waals surface area contributed by atoms with Crippen molar-refractivity contribution in [2.45, 2.75) is 38.9 Å². The summed E-state index contributed by atoms with van der Waals surface area (Å²) in [5, 5.41) is 4.19. The van der Waals surface area contributed by atoms with Crippen LogP contribution in [0.1, 0.15) is 38.2 Å². The molecule has 0 fully saturated rings. The summed E-state index contributed by atoms with van der Waals surface area (Å²) in [5.41, 5.74) is 0.866. The molecule has 0 saturated carbocycles. The van der Waals surface area contributed by atoms with Crippen LogP contribution >= 0.6 is 0 Å². The molecule has 9 heteroatoms. The highest BCUT2D eigenvalue weighted by Gasteiger charge is 2.17. The molecule has 0 aromatic heterocycles. The van der Waals surface area contributed by atoms with Crippen molar-refractivity contribution in [2.24, 2.45) is 5.34 Å². The molecule has 0 heterocycles. The Morgan fingerprint density at radius 1 is 0.967 bits per heavy atom. The van der Waals surface area contributed by atoms with Gasteiger partial charge >= 0.3 is 12.1 Å². The maximum Gasteiger partial charge on any atom is 0.511 e. The second-order valence-corrected chi connectivity index (χ2v) is 6.53. The molecule has 0 aliphatic carbocycles. The number of esters is 1. The number of carbonyl (C=O) groups is 2. The molecule has 162 valence electrons. The summed E-state index contributed by atoms with van der Waals surface area (Å²) in [6.07, 6.45) is -1.08. The molecule has 1 unspecified atom stereocenters. The SMILES string of the molecule is COc1ccc2cc([C@H](C)C(=O)OCCCCOC(=O)OC(C)ON=O)ccc2c1. The van der Waals surface area contributed by atoms with Crippen LogP contribution in [0, 0.1) is 4.91 Å². The highest BCUT2D eigenvalue weighted by Crippen LogP contribution is 2.25. The smallest absolute Gasteiger partial charge is 0.497 e. The van der Waals surface area contributed by atoms with Gasteiger partial charge in [0.2, 0.25) is 0 Å². The number of carbonyl (C=O) groups excluding carboxylic acids is 2. The first kappa shape index (κ1) is 22.9. The standard InChI is InChI=1S/C21H25NO8/c1-14(16-6-7-18-13-19(26-3)9-8-17(18)12-16)20(23)27-10-4-5-11-28-21(24)29-15(2)30-22-25/h6-9,12-15H,4-5,10-11H2,1-3H3/t14-,15?/m0/s1. The Hall–Kier alpha value is -3.36. The van der Waals surface area contributed by atoms with Crippen molar-refractivity contribution < 1.29 is 33.4 Å². The first-order valence-electron chi connectivity index (χ1n) is 9.51. The van der Waals surface area contributed by atoms with Crippen LogP contribution in [-0.4, -0.2) is 38.7 Å². The molecule has 0 radical (unpaired) electrons. The zero-order valence-corrected chi connectivity index (χ0v) is 17.2. The van der Waals surface area contributed by atoms with Gasteiger partial charge in [-0.15, -0.1) is 4.91 Å². The van der Waals surface area contributed by atoms with Crippen molar-refractivity contribution in [1.82, 2.24) is 0 Å². The minimum Gasteiger partial charge on any atom is -0.497 e. The van der Waals surface area contributed by atoms with Crippen molar-refractivity contribution in [3.8, 4) is 5.75 Å². The fraction of sp³-hybridized carbons (Fsp3) is 0.429. The quantitative estimate of drug-likeness (QED) is 0.172. The lowest BCUT2D eigenvalue weighted by atomic mass is 9.98. The maximum absolute atomic E-state index is 12.3. The molecule has 0 N–H and O–H groups in total. The van der Waals surface area contributed by atoms with E-state index in [4.69, 9.17) is 14.2 Å². The van der Waals surface area contributed by atoms with Gasteiger partial charge in [-0.2, -0.15) is 0 Å².